The predicted octanol–water partition coefficient (Wildman–Crippen LogP) is 2.12. The first-order valence-electron chi connectivity index (χ1n) is 5.24. The highest BCUT2D eigenvalue weighted by molar-refractivity contribution is 5.73. The molecule has 0 heterocycles. The Hall–Kier alpha value is -0.570. The van der Waals surface area contributed by atoms with Gasteiger partial charge in [-0.1, -0.05) is 13.8 Å². The minimum absolute atomic E-state index is 0.444. The molecule has 0 saturated carbocycles. The van der Waals surface area contributed by atoms with Gasteiger partial charge in [-0.3, -0.25) is 4.79 Å². The molecule has 84 valence electrons. The van der Waals surface area contributed by atoms with Crippen molar-refractivity contribution >= 4 is 5.97 Å². The van der Waals surface area contributed by atoms with Crippen LogP contribution in [-0.2, 0) is 4.79 Å². The number of carboxylic acid groups (broad SMARTS) is 1. The molecule has 0 bridgehead atoms. The molecule has 0 fully saturated rings. The molecular weight excluding hydrogens is 178 g/mol. The van der Waals surface area contributed by atoms with Gasteiger partial charge >= 0.3 is 5.97 Å². The number of hydrogen-bond acceptors (Lipinski definition) is 2. The van der Waals surface area contributed by atoms with Gasteiger partial charge < -0.3 is 10.4 Å². The fourth-order valence-electron chi connectivity index (χ4n) is 0.955. The Balaban J connectivity index is 3.79. The van der Waals surface area contributed by atoms with Gasteiger partial charge in [-0.15, -0.1) is 0 Å². The van der Waals surface area contributed by atoms with Gasteiger partial charge in [0.1, 0.15) is 0 Å². The molecule has 0 aromatic carbocycles. The molecule has 0 aliphatic heterocycles. The number of carbonyl (C=O) groups is 1. The highest BCUT2D eigenvalue weighted by Gasteiger charge is 2.26. The van der Waals surface area contributed by atoms with Crippen LogP contribution in [0.5, 0.6) is 0 Å². The van der Waals surface area contributed by atoms with Crippen molar-refractivity contribution in [2.75, 3.05) is 6.54 Å². The lowest BCUT2D eigenvalue weighted by Gasteiger charge is -2.22. The van der Waals surface area contributed by atoms with Crippen LogP contribution in [0.25, 0.3) is 0 Å². The second kappa shape index (κ2) is 5.35. The van der Waals surface area contributed by atoms with Crippen LogP contribution in [0.4, 0.5) is 0 Å². The lowest BCUT2D eigenvalue weighted by molar-refractivity contribution is -0.147. The molecule has 0 aliphatic carbocycles. The number of carboxylic acids is 1. The zero-order valence-electron chi connectivity index (χ0n) is 9.92. The van der Waals surface area contributed by atoms with Crippen LogP contribution in [0.15, 0.2) is 0 Å². The summed E-state index contributed by atoms with van der Waals surface area (Å²) >= 11 is 0. The molecule has 0 rings (SSSR count). The third kappa shape index (κ3) is 4.61. The van der Waals surface area contributed by atoms with Crippen LogP contribution < -0.4 is 5.32 Å². The van der Waals surface area contributed by atoms with Crippen LogP contribution >= 0.6 is 0 Å². The van der Waals surface area contributed by atoms with Gasteiger partial charge in [0.25, 0.3) is 0 Å². The second-order valence-electron chi connectivity index (χ2n) is 4.93. The molecule has 1 unspecified atom stereocenters. The van der Waals surface area contributed by atoms with Gasteiger partial charge in [0.2, 0.25) is 0 Å². The van der Waals surface area contributed by atoms with Crippen LogP contribution in [0.2, 0.25) is 0 Å². The van der Waals surface area contributed by atoms with Crippen LogP contribution in [-0.4, -0.2) is 23.7 Å². The Labute approximate surface area is 86.9 Å². The van der Waals surface area contributed by atoms with E-state index < -0.39 is 11.4 Å². The average Bonchev–Trinajstić information content (AvgIpc) is 2.03. The van der Waals surface area contributed by atoms with Crippen molar-refractivity contribution in [3.8, 4) is 0 Å². The lowest BCUT2D eigenvalue weighted by atomic mass is 9.89. The number of rotatable bonds is 6. The molecule has 3 heteroatoms. The number of nitrogens with one attached hydrogen (secondary N) is 1. The molecule has 0 spiro atoms. The zero-order chi connectivity index (χ0) is 11.4. The summed E-state index contributed by atoms with van der Waals surface area (Å²) in [4.78, 5) is 10.8. The maximum absolute atomic E-state index is 10.8. The van der Waals surface area contributed by atoms with E-state index in [9.17, 15) is 4.79 Å². The SMILES string of the molecule is CC(C)C(C)NCCC(C)(C)C(=O)O. The van der Waals surface area contributed by atoms with E-state index in [-0.39, 0.29) is 0 Å². The summed E-state index contributed by atoms with van der Waals surface area (Å²) in [6.07, 6.45) is 0.666. The Morgan fingerprint density at radius 2 is 1.86 bits per heavy atom. The van der Waals surface area contributed by atoms with Gasteiger partial charge in [0, 0.05) is 6.04 Å². The van der Waals surface area contributed by atoms with Crippen molar-refractivity contribution in [2.45, 2.75) is 47.1 Å². The molecule has 1 atom stereocenters. The van der Waals surface area contributed by atoms with Crippen molar-refractivity contribution in [1.82, 2.24) is 5.32 Å². The predicted molar refractivity (Wildman–Crippen MR) is 58.3 cm³/mol. The smallest absolute Gasteiger partial charge is 0.309 e. The number of aliphatic carboxylic acids is 1. The van der Waals surface area contributed by atoms with Gasteiger partial charge in [0.15, 0.2) is 0 Å². The van der Waals surface area contributed by atoms with Crippen LogP contribution in [0.3, 0.4) is 0 Å². The van der Waals surface area contributed by atoms with Gasteiger partial charge in [-0.25, -0.2) is 0 Å². The summed E-state index contributed by atoms with van der Waals surface area (Å²) in [5.74, 6) is -0.139. The summed E-state index contributed by atoms with van der Waals surface area (Å²) in [5.41, 5.74) is -0.621. The molecule has 2 N–H and O–H groups in total. The Morgan fingerprint density at radius 3 is 2.21 bits per heavy atom. The monoisotopic (exact) mass is 201 g/mol. The molecule has 0 radical (unpaired) electrons. The molecule has 0 aromatic heterocycles. The largest absolute Gasteiger partial charge is 0.481 e. The molecule has 3 nitrogen and oxygen atoms in total. The van der Waals surface area contributed by atoms with Gasteiger partial charge in [-0.05, 0) is 39.7 Å². The lowest BCUT2D eigenvalue weighted by Crippen LogP contribution is -2.35. The normalized spacial score (nSPS) is 14.4. The standard InChI is InChI=1S/C11H23NO2/c1-8(2)9(3)12-7-6-11(4,5)10(13)14/h8-9,12H,6-7H2,1-5H3,(H,13,14). The minimum atomic E-state index is -0.725. The maximum Gasteiger partial charge on any atom is 0.309 e. The summed E-state index contributed by atoms with van der Waals surface area (Å²) in [7, 11) is 0. The second-order valence-corrected chi connectivity index (χ2v) is 4.93. The Bertz CT molecular complexity index is 188. The average molecular weight is 201 g/mol. The summed E-state index contributed by atoms with van der Waals surface area (Å²) in [6, 6.07) is 0.444. The Morgan fingerprint density at radius 1 is 1.36 bits per heavy atom. The van der Waals surface area contributed by atoms with E-state index in [0.29, 0.717) is 18.4 Å². The molecule has 0 amide bonds. The van der Waals surface area contributed by atoms with E-state index in [0.717, 1.165) is 6.54 Å². The first-order chi connectivity index (χ1) is 6.27. The number of hydrogen-bond donors (Lipinski definition) is 2. The highest BCUT2D eigenvalue weighted by Crippen LogP contribution is 2.19. The van der Waals surface area contributed by atoms with E-state index in [2.05, 4.69) is 26.1 Å². The highest BCUT2D eigenvalue weighted by atomic mass is 16.4. The van der Waals surface area contributed by atoms with Gasteiger partial charge in [0.05, 0.1) is 5.41 Å². The minimum Gasteiger partial charge on any atom is -0.481 e. The van der Waals surface area contributed by atoms with E-state index in [1.165, 1.54) is 0 Å². The van der Waals surface area contributed by atoms with Crippen molar-refractivity contribution in [3.63, 3.8) is 0 Å². The van der Waals surface area contributed by atoms with Crippen molar-refractivity contribution in [1.29, 1.82) is 0 Å². The quantitative estimate of drug-likeness (QED) is 0.692. The molecule has 14 heavy (non-hydrogen) atoms. The van der Waals surface area contributed by atoms with Crippen LogP contribution in [0, 0.1) is 11.3 Å². The Kier molecular flexibility index (Phi) is 5.13. The molecular formula is C11H23NO2. The first-order valence-corrected chi connectivity index (χ1v) is 5.24. The van der Waals surface area contributed by atoms with E-state index in [1.807, 2.05) is 0 Å². The van der Waals surface area contributed by atoms with Crippen molar-refractivity contribution in [2.24, 2.45) is 11.3 Å². The first kappa shape index (κ1) is 13.4. The topological polar surface area (TPSA) is 49.3 Å². The summed E-state index contributed by atoms with van der Waals surface area (Å²) in [5, 5.41) is 12.2. The molecule has 0 saturated heterocycles. The molecule has 0 aliphatic rings. The van der Waals surface area contributed by atoms with Crippen molar-refractivity contribution in [3.05, 3.63) is 0 Å². The van der Waals surface area contributed by atoms with E-state index in [1.54, 1.807) is 13.8 Å². The zero-order valence-corrected chi connectivity index (χ0v) is 9.92. The van der Waals surface area contributed by atoms with E-state index >= 15 is 0 Å². The maximum atomic E-state index is 10.8. The summed E-state index contributed by atoms with van der Waals surface area (Å²) < 4.78 is 0. The molecule has 0 aromatic rings. The van der Waals surface area contributed by atoms with E-state index in [4.69, 9.17) is 5.11 Å². The summed E-state index contributed by atoms with van der Waals surface area (Å²) in [6.45, 7) is 10.7. The van der Waals surface area contributed by atoms with Gasteiger partial charge in [-0.2, -0.15) is 0 Å². The third-order valence-electron chi connectivity index (χ3n) is 2.80. The fourth-order valence-corrected chi connectivity index (χ4v) is 0.955. The van der Waals surface area contributed by atoms with Crippen LogP contribution in [0.1, 0.15) is 41.0 Å². The van der Waals surface area contributed by atoms with Crippen molar-refractivity contribution < 1.29 is 9.90 Å². The third-order valence-corrected chi connectivity index (χ3v) is 2.80. The fraction of sp³-hybridized carbons (Fsp3) is 0.909.